The number of hydrogen-bond acceptors (Lipinski definition) is 4. The number of nitrogens with one attached hydrogen (secondary N) is 2. The van der Waals surface area contributed by atoms with Crippen molar-refractivity contribution in [1.29, 1.82) is 0 Å². The first-order valence-corrected chi connectivity index (χ1v) is 9.16. The summed E-state index contributed by atoms with van der Waals surface area (Å²) in [4.78, 5) is 19.8. The van der Waals surface area contributed by atoms with Crippen LogP contribution in [0.25, 0.3) is 11.4 Å². The zero-order chi connectivity index (χ0) is 19.5. The largest absolute Gasteiger partial charge is 0.344 e. The molecule has 7 nitrogen and oxygen atoms in total. The number of carbonyl (C=O) groups excluding carboxylic acids is 1. The summed E-state index contributed by atoms with van der Waals surface area (Å²) < 4.78 is 3.88. The second-order valence-corrected chi connectivity index (χ2v) is 6.66. The first-order chi connectivity index (χ1) is 13.6. The molecule has 0 radical (unpaired) electrons. The summed E-state index contributed by atoms with van der Waals surface area (Å²) in [7, 11) is 0. The average Bonchev–Trinajstić information content (AvgIpc) is 3.38. The molecule has 140 valence electrons. The van der Waals surface area contributed by atoms with Crippen LogP contribution in [0, 0.1) is 4.77 Å². The van der Waals surface area contributed by atoms with Crippen molar-refractivity contribution < 1.29 is 4.79 Å². The van der Waals surface area contributed by atoms with Gasteiger partial charge in [-0.25, -0.2) is 9.67 Å². The van der Waals surface area contributed by atoms with Crippen molar-refractivity contribution in [3.05, 3.63) is 89.5 Å². The van der Waals surface area contributed by atoms with Crippen molar-refractivity contribution in [3.63, 3.8) is 0 Å². The maximum absolute atomic E-state index is 12.9. The molecule has 1 amide bonds. The highest BCUT2D eigenvalue weighted by Gasteiger charge is 2.17. The molecule has 1 unspecified atom stereocenters. The summed E-state index contributed by atoms with van der Waals surface area (Å²) in [6.07, 6.45) is 4.76. The summed E-state index contributed by atoms with van der Waals surface area (Å²) >= 11 is 5.35. The Morgan fingerprint density at radius 3 is 2.54 bits per heavy atom. The van der Waals surface area contributed by atoms with Crippen LogP contribution in [0.2, 0.25) is 0 Å². The van der Waals surface area contributed by atoms with Crippen LogP contribution >= 0.6 is 12.2 Å². The molecule has 0 bridgehead atoms. The van der Waals surface area contributed by atoms with E-state index >= 15 is 0 Å². The van der Waals surface area contributed by atoms with Crippen molar-refractivity contribution in [2.24, 2.45) is 0 Å². The second-order valence-electron chi connectivity index (χ2n) is 6.28. The summed E-state index contributed by atoms with van der Waals surface area (Å²) in [6.45, 7) is 1.94. The SMILES string of the molecule is CC(NC(=O)c1c[nH]c(=S)n1-c1ccccc1)c1ccc(-n2cncn2)cc1. The van der Waals surface area contributed by atoms with E-state index in [-0.39, 0.29) is 11.9 Å². The number of amides is 1. The van der Waals surface area contributed by atoms with Gasteiger partial charge in [0, 0.05) is 11.9 Å². The quantitative estimate of drug-likeness (QED) is 0.510. The van der Waals surface area contributed by atoms with E-state index < -0.39 is 0 Å². The molecule has 4 aromatic rings. The molecule has 0 saturated heterocycles. The molecule has 1 atom stereocenters. The molecule has 0 aliphatic rings. The molecule has 4 rings (SSSR count). The Morgan fingerprint density at radius 2 is 1.86 bits per heavy atom. The van der Waals surface area contributed by atoms with Gasteiger partial charge in [0.2, 0.25) is 0 Å². The minimum atomic E-state index is -0.205. The van der Waals surface area contributed by atoms with Crippen LogP contribution in [0.15, 0.2) is 73.4 Å². The number of nitrogens with zero attached hydrogens (tertiary/aromatic N) is 4. The smallest absolute Gasteiger partial charge is 0.270 e. The van der Waals surface area contributed by atoms with E-state index in [4.69, 9.17) is 12.2 Å². The van der Waals surface area contributed by atoms with E-state index in [1.54, 1.807) is 21.8 Å². The highest BCUT2D eigenvalue weighted by atomic mass is 32.1. The number of para-hydroxylation sites is 1. The van der Waals surface area contributed by atoms with Gasteiger partial charge in [-0.2, -0.15) is 5.10 Å². The van der Waals surface area contributed by atoms with Crippen LogP contribution in [-0.2, 0) is 0 Å². The molecule has 8 heteroatoms. The van der Waals surface area contributed by atoms with Gasteiger partial charge in [-0.3, -0.25) is 9.36 Å². The zero-order valence-corrected chi connectivity index (χ0v) is 15.9. The number of aromatic nitrogens is 5. The Morgan fingerprint density at radius 1 is 1.11 bits per heavy atom. The molecule has 2 aromatic carbocycles. The fourth-order valence-corrected chi connectivity index (χ4v) is 3.24. The van der Waals surface area contributed by atoms with Gasteiger partial charge in [-0.1, -0.05) is 30.3 Å². The molecular weight excluding hydrogens is 372 g/mol. The Bertz CT molecular complexity index is 1130. The number of aromatic amines is 1. The lowest BCUT2D eigenvalue weighted by atomic mass is 10.1. The van der Waals surface area contributed by atoms with Crippen molar-refractivity contribution in [2.75, 3.05) is 0 Å². The molecule has 0 spiro atoms. The topological polar surface area (TPSA) is 80.5 Å². The maximum Gasteiger partial charge on any atom is 0.270 e. The molecule has 0 aliphatic heterocycles. The lowest BCUT2D eigenvalue weighted by Gasteiger charge is -2.16. The van der Waals surface area contributed by atoms with E-state index in [9.17, 15) is 4.79 Å². The predicted octanol–water partition coefficient (Wildman–Crippen LogP) is 3.61. The highest BCUT2D eigenvalue weighted by molar-refractivity contribution is 7.71. The van der Waals surface area contributed by atoms with Gasteiger partial charge in [0.25, 0.3) is 5.91 Å². The van der Waals surface area contributed by atoms with Crippen LogP contribution < -0.4 is 5.32 Å². The number of rotatable bonds is 5. The molecule has 2 heterocycles. The number of carbonyl (C=O) groups is 1. The normalized spacial score (nSPS) is 11.9. The van der Waals surface area contributed by atoms with Gasteiger partial charge in [-0.15, -0.1) is 0 Å². The first-order valence-electron chi connectivity index (χ1n) is 8.75. The molecular formula is C20H18N6OS. The number of imidazole rings is 1. The van der Waals surface area contributed by atoms with Gasteiger partial charge in [0.1, 0.15) is 18.3 Å². The van der Waals surface area contributed by atoms with E-state index in [0.717, 1.165) is 16.9 Å². The lowest BCUT2D eigenvalue weighted by Crippen LogP contribution is -2.28. The van der Waals surface area contributed by atoms with Gasteiger partial charge in [-0.05, 0) is 49.0 Å². The van der Waals surface area contributed by atoms with Crippen LogP contribution in [0.1, 0.15) is 29.0 Å². The molecule has 0 saturated carbocycles. The minimum absolute atomic E-state index is 0.176. The standard InChI is InChI=1S/C20H18N6OS/c1-14(15-7-9-16(10-8-15)25-13-21-12-23-25)24-19(27)18-11-22-20(28)26(18)17-5-3-2-4-6-17/h2-14H,1H3,(H,22,28)(H,24,27). The molecule has 0 aliphatic carbocycles. The van der Waals surface area contributed by atoms with Crippen molar-refractivity contribution in [1.82, 2.24) is 29.6 Å². The van der Waals surface area contributed by atoms with Gasteiger partial charge < -0.3 is 10.3 Å². The monoisotopic (exact) mass is 390 g/mol. The fraction of sp³-hybridized carbons (Fsp3) is 0.100. The van der Waals surface area contributed by atoms with Crippen LogP contribution in [0.4, 0.5) is 0 Å². The summed E-state index contributed by atoms with van der Waals surface area (Å²) in [5.41, 5.74) is 3.19. The van der Waals surface area contributed by atoms with E-state index in [2.05, 4.69) is 20.4 Å². The van der Waals surface area contributed by atoms with Gasteiger partial charge in [0.15, 0.2) is 4.77 Å². The first kappa shape index (κ1) is 17.9. The third kappa shape index (κ3) is 3.49. The average molecular weight is 390 g/mol. The maximum atomic E-state index is 12.9. The van der Waals surface area contributed by atoms with Crippen molar-refractivity contribution in [3.8, 4) is 11.4 Å². The molecule has 2 N–H and O–H groups in total. The van der Waals surface area contributed by atoms with Gasteiger partial charge >= 0.3 is 0 Å². The second kappa shape index (κ2) is 7.61. The van der Waals surface area contributed by atoms with Crippen LogP contribution in [0.5, 0.6) is 0 Å². The Kier molecular flexibility index (Phi) is 4.86. The number of H-pyrrole nitrogens is 1. The molecule has 28 heavy (non-hydrogen) atoms. The van der Waals surface area contributed by atoms with Crippen LogP contribution in [-0.4, -0.2) is 30.2 Å². The summed E-state index contributed by atoms with van der Waals surface area (Å²) in [5.74, 6) is -0.205. The number of benzene rings is 2. The molecule has 2 aromatic heterocycles. The van der Waals surface area contributed by atoms with Gasteiger partial charge in [0.05, 0.1) is 11.7 Å². The Labute approximate surface area is 166 Å². The lowest BCUT2D eigenvalue weighted by molar-refractivity contribution is 0.0933. The summed E-state index contributed by atoms with van der Waals surface area (Å²) in [6, 6.07) is 17.2. The van der Waals surface area contributed by atoms with E-state index in [1.807, 2.05) is 61.5 Å². The number of hydrogen-bond donors (Lipinski definition) is 2. The Balaban J connectivity index is 1.54. The summed E-state index contributed by atoms with van der Waals surface area (Å²) in [5, 5.41) is 7.14. The van der Waals surface area contributed by atoms with E-state index in [1.165, 1.54) is 6.33 Å². The van der Waals surface area contributed by atoms with Crippen molar-refractivity contribution in [2.45, 2.75) is 13.0 Å². The highest BCUT2D eigenvalue weighted by Crippen LogP contribution is 2.17. The third-order valence-electron chi connectivity index (χ3n) is 4.45. The fourth-order valence-electron chi connectivity index (χ4n) is 2.98. The third-order valence-corrected chi connectivity index (χ3v) is 4.75. The minimum Gasteiger partial charge on any atom is -0.344 e. The Hall–Kier alpha value is -3.52. The predicted molar refractivity (Wildman–Crippen MR) is 108 cm³/mol. The van der Waals surface area contributed by atoms with E-state index in [0.29, 0.717) is 10.5 Å². The van der Waals surface area contributed by atoms with Crippen LogP contribution in [0.3, 0.4) is 0 Å². The zero-order valence-electron chi connectivity index (χ0n) is 15.1. The molecule has 0 fully saturated rings. The van der Waals surface area contributed by atoms with Crippen molar-refractivity contribution >= 4 is 18.1 Å².